The fourth-order valence-electron chi connectivity index (χ4n) is 5.10. The van der Waals surface area contributed by atoms with Gasteiger partial charge in [0.2, 0.25) is 0 Å². The molecule has 2 N–H and O–H groups in total. The molecule has 0 atom stereocenters. The van der Waals surface area contributed by atoms with Gasteiger partial charge in [0.05, 0.1) is 5.56 Å². The summed E-state index contributed by atoms with van der Waals surface area (Å²) in [6.07, 6.45) is 5.45. The summed E-state index contributed by atoms with van der Waals surface area (Å²) in [4.78, 5) is 24.5. The second-order valence-corrected chi connectivity index (χ2v) is 10.9. The molecule has 44 heavy (non-hydrogen) atoms. The van der Waals surface area contributed by atoms with E-state index < -0.39 is 11.9 Å². The van der Waals surface area contributed by atoms with E-state index in [0.717, 1.165) is 67.6 Å². The van der Waals surface area contributed by atoms with Crippen LogP contribution in [0.3, 0.4) is 0 Å². The van der Waals surface area contributed by atoms with Crippen LogP contribution in [0.5, 0.6) is 5.75 Å². The number of nitrogens with zero attached hydrogens (tertiary/aromatic N) is 1. The van der Waals surface area contributed by atoms with Crippen molar-refractivity contribution in [1.29, 1.82) is 0 Å². The number of hydrogen-bond donors (Lipinski definition) is 2. The molecule has 0 aliphatic rings. The Bertz CT molecular complexity index is 1420. The van der Waals surface area contributed by atoms with Gasteiger partial charge < -0.3 is 14.9 Å². The Kier molecular flexibility index (Phi) is 14.5. The van der Waals surface area contributed by atoms with Gasteiger partial charge in [-0.05, 0) is 84.7 Å². The van der Waals surface area contributed by atoms with E-state index >= 15 is 0 Å². The largest absolute Gasteiger partial charge is 0.489 e. The SMILES string of the molecule is Cl.O=C(O)CCCCCN(CCc1ccccc1OCc1ccc(CCc2ccccc2)cc1)Cc1ccc(C(=O)O)cc1. The van der Waals surface area contributed by atoms with Gasteiger partial charge in [0.25, 0.3) is 0 Å². The van der Waals surface area contributed by atoms with Crippen molar-refractivity contribution < 1.29 is 24.5 Å². The molecular weight excluding hydrogens is 574 g/mol. The molecule has 4 rings (SSSR count). The molecule has 4 aromatic rings. The molecule has 0 aromatic heterocycles. The second-order valence-electron chi connectivity index (χ2n) is 10.9. The molecule has 4 aromatic carbocycles. The van der Waals surface area contributed by atoms with E-state index in [0.29, 0.717) is 19.6 Å². The number of carboxylic acids is 2. The van der Waals surface area contributed by atoms with Crippen LogP contribution in [0.4, 0.5) is 0 Å². The second kappa shape index (κ2) is 18.5. The van der Waals surface area contributed by atoms with E-state index in [1.165, 1.54) is 11.1 Å². The third kappa shape index (κ3) is 11.9. The lowest BCUT2D eigenvalue weighted by Gasteiger charge is -2.23. The summed E-state index contributed by atoms with van der Waals surface area (Å²) in [6.45, 7) is 2.83. The van der Waals surface area contributed by atoms with Crippen LogP contribution in [0.15, 0.2) is 103 Å². The Labute approximate surface area is 266 Å². The molecule has 0 heterocycles. The lowest BCUT2D eigenvalue weighted by atomic mass is 10.0. The van der Waals surface area contributed by atoms with Crippen molar-refractivity contribution in [2.24, 2.45) is 0 Å². The number of carbonyl (C=O) groups is 2. The zero-order valence-electron chi connectivity index (χ0n) is 25.1. The fraction of sp³-hybridized carbons (Fsp3) is 0.297. The lowest BCUT2D eigenvalue weighted by Crippen LogP contribution is -2.27. The molecule has 7 heteroatoms. The zero-order chi connectivity index (χ0) is 30.3. The number of rotatable bonds is 18. The van der Waals surface area contributed by atoms with Crippen LogP contribution in [-0.2, 0) is 37.2 Å². The number of benzene rings is 4. The van der Waals surface area contributed by atoms with E-state index in [1.54, 1.807) is 12.1 Å². The maximum atomic E-state index is 11.2. The number of aromatic carboxylic acids is 1. The standard InChI is InChI=1S/C37H41NO5.ClH/c39-36(40)13-5-2-8-25-38(27-31-20-22-34(23-21-31)37(41)42)26-24-33-11-6-7-12-35(33)43-28-32-18-16-30(17-19-32)15-14-29-9-3-1-4-10-29;/h1,3-4,6-7,9-12,16-23H,2,5,8,13-15,24-28H2,(H,39,40)(H,41,42);1H. The van der Waals surface area contributed by atoms with Crippen molar-refractivity contribution in [3.05, 3.63) is 137 Å². The molecule has 0 saturated heterocycles. The molecular formula is C37H42ClNO5. The molecule has 0 aliphatic carbocycles. The van der Waals surface area contributed by atoms with Crippen molar-refractivity contribution in [2.75, 3.05) is 13.1 Å². The number of carboxylic acid groups (broad SMARTS) is 2. The predicted molar refractivity (Wildman–Crippen MR) is 177 cm³/mol. The third-order valence-corrected chi connectivity index (χ3v) is 7.60. The molecule has 0 aliphatic heterocycles. The lowest BCUT2D eigenvalue weighted by molar-refractivity contribution is -0.137. The topological polar surface area (TPSA) is 87.1 Å². The number of aryl methyl sites for hydroxylation is 2. The fourth-order valence-corrected chi connectivity index (χ4v) is 5.10. The number of unbranched alkanes of at least 4 members (excludes halogenated alkanes) is 2. The predicted octanol–water partition coefficient (Wildman–Crippen LogP) is 7.86. The van der Waals surface area contributed by atoms with Gasteiger partial charge in [0.15, 0.2) is 0 Å². The van der Waals surface area contributed by atoms with Gasteiger partial charge in [-0.3, -0.25) is 9.69 Å². The first-order valence-corrected chi connectivity index (χ1v) is 15.0. The summed E-state index contributed by atoms with van der Waals surface area (Å²) in [7, 11) is 0. The molecule has 0 bridgehead atoms. The summed E-state index contributed by atoms with van der Waals surface area (Å²) >= 11 is 0. The van der Waals surface area contributed by atoms with Crippen LogP contribution < -0.4 is 4.74 Å². The first kappa shape index (κ1) is 34.4. The Hall–Kier alpha value is -4.13. The van der Waals surface area contributed by atoms with Crippen molar-refractivity contribution in [3.63, 3.8) is 0 Å². The Morgan fingerprint density at radius 1 is 0.614 bits per heavy atom. The molecule has 6 nitrogen and oxygen atoms in total. The number of halogens is 1. The summed E-state index contributed by atoms with van der Waals surface area (Å²) in [5, 5.41) is 18.2. The van der Waals surface area contributed by atoms with Gasteiger partial charge in [-0.15, -0.1) is 12.4 Å². The minimum Gasteiger partial charge on any atom is -0.489 e. The van der Waals surface area contributed by atoms with Gasteiger partial charge in [-0.2, -0.15) is 0 Å². The van der Waals surface area contributed by atoms with E-state index in [2.05, 4.69) is 59.5 Å². The first-order valence-electron chi connectivity index (χ1n) is 15.0. The normalized spacial score (nSPS) is 10.8. The van der Waals surface area contributed by atoms with Crippen LogP contribution in [0, 0.1) is 0 Å². The van der Waals surface area contributed by atoms with E-state index in [1.807, 2.05) is 36.4 Å². The zero-order valence-corrected chi connectivity index (χ0v) is 25.9. The number of hydrogen-bond acceptors (Lipinski definition) is 4. The highest BCUT2D eigenvalue weighted by atomic mass is 35.5. The highest BCUT2D eigenvalue weighted by Crippen LogP contribution is 2.21. The highest BCUT2D eigenvalue weighted by Gasteiger charge is 2.11. The van der Waals surface area contributed by atoms with Crippen LogP contribution in [-0.4, -0.2) is 40.1 Å². The summed E-state index contributed by atoms with van der Waals surface area (Å²) in [6, 6.07) is 34.4. The van der Waals surface area contributed by atoms with Crippen molar-refractivity contribution in [1.82, 2.24) is 4.90 Å². The van der Waals surface area contributed by atoms with Gasteiger partial charge >= 0.3 is 11.9 Å². The summed E-state index contributed by atoms with van der Waals surface area (Å²) < 4.78 is 6.28. The molecule has 0 unspecified atom stereocenters. The van der Waals surface area contributed by atoms with Crippen LogP contribution >= 0.6 is 12.4 Å². The van der Waals surface area contributed by atoms with Crippen molar-refractivity contribution in [2.45, 2.75) is 58.1 Å². The van der Waals surface area contributed by atoms with Crippen LogP contribution in [0.25, 0.3) is 0 Å². The summed E-state index contributed by atoms with van der Waals surface area (Å²) in [5.41, 5.74) is 6.25. The molecule has 232 valence electrons. The average Bonchev–Trinajstić information content (AvgIpc) is 3.03. The average molecular weight is 616 g/mol. The number of para-hydroxylation sites is 1. The van der Waals surface area contributed by atoms with Crippen LogP contribution in [0.1, 0.15) is 63.9 Å². The maximum Gasteiger partial charge on any atom is 0.335 e. The van der Waals surface area contributed by atoms with Gasteiger partial charge in [-0.25, -0.2) is 4.79 Å². The van der Waals surface area contributed by atoms with Gasteiger partial charge in [0, 0.05) is 19.5 Å². The van der Waals surface area contributed by atoms with Crippen molar-refractivity contribution in [3.8, 4) is 5.75 Å². The minimum atomic E-state index is -0.933. The smallest absolute Gasteiger partial charge is 0.335 e. The number of aliphatic carboxylic acids is 1. The Balaban J connectivity index is 0.00000529. The van der Waals surface area contributed by atoms with E-state index in [9.17, 15) is 14.7 Å². The first-order chi connectivity index (χ1) is 21.0. The van der Waals surface area contributed by atoms with Crippen molar-refractivity contribution >= 4 is 24.3 Å². The molecule has 0 radical (unpaired) electrons. The molecule has 0 spiro atoms. The van der Waals surface area contributed by atoms with E-state index in [-0.39, 0.29) is 24.4 Å². The minimum absolute atomic E-state index is 0. The Morgan fingerprint density at radius 3 is 1.91 bits per heavy atom. The van der Waals surface area contributed by atoms with Gasteiger partial charge in [-0.1, -0.05) is 91.3 Å². The van der Waals surface area contributed by atoms with Gasteiger partial charge in [0.1, 0.15) is 12.4 Å². The highest BCUT2D eigenvalue weighted by molar-refractivity contribution is 5.87. The molecule has 0 amide bonds. The molecule has 0 fully saturated rings. The Morgan fingerprint density at radius 2 is 1.23 bits per heavy atom. The van der Waals surface area contributed by atoms with E-state index in [4.69, 9.17) is 9.84 Å². The monoisotopic (exact) mass is 615 g/mol. The summed E-state index contributed by atoms with van der Waals surface area (Å²) in [5.74, 6) is -0.814. The van der Waals surface area contributed by atoms with Crippen LogP contribution in [0.2, 0.25) is 0 Å². The quantitative estimate of drug-likeness (QED) is 0.111. The number of ether oxygens (including phenoxy) is 1. The third-order valence-electron chi connectivity index (χ3n) is 7.60. The molecule has 0 saturated carbocycles. The maximum absolute atomic E-state index is 11.2.